The minimum absolute atomic E-state index is 0.589. The van der Waals surface area contributed by atoms with E-state index in [1.807, 2.05) is 0 Å². The Morgan fingerprint density at radius 3 is 2.81 bits per heavy atom. The largest absolute Gasteiger partial charge is 0.296 e. The maximum Gasteiger partial charge on any atom is 0.211 e. The van der Waals surface area contributed by atoms with E-state index >= 15 is 0 Å². The van der Waals surface area contributed by atoms with Crippen molar-refractivity contribution in [2.75, 3.05) is 32.4 Å². The van der Waals surface area contributed by atoms with Crippen molar-refractivity contribution in [3.8, 4) is 0 Å². The summed E-state index contributed by atoms with van der Waals surface area (Å²) in [5.41, 5.74) is 1.12. The standard InChI is InChI=1S/C14H25N3O2S2/c1-3-4-6-14-15-13(12-20-14)11-16-7-5-8-17(10-9-16)21(2,18)19/h12H,3-11H2,1-2H3. The van der Waals surface area contributed by atoms with Crippen LogP contribution in [0.2, 0.25) is 0 Å². The maximum atomic E-state index is 11.6. The van der Waals surface area contributed by atoms with Gasteiger partial charge in [0.15, 0.2) is 0 Å². The Bertz CT molecular complexity index is 542. The van der Waals surface area contributed by atoms with E-state index in [-0.39, 0.29) is 0 Å². The molecule has 1 aromatic heterocycles. The fourth-order valence-corrected chi connectivity index (χ4v) is 4.24. The molecule has 7 heteroatoms. The Labute approximate surface area is 132 Å². The van der Waals surface area contributed by atoms with Gasteiger partial charge in [-0.15, -0.1) is 11.3 Å². The molecular weight excluding hydrogens is 306 g/mol. The predicted octanol–water partition coefficient (Wildman–Crippen LogP) is 1.95. The fraction of sp³-hybridized carbons (Fsp3) is 0.786. The van der Waals surface area contributed by atoms with Crippen LogP contribution in [0.5, 0.6) is 0 Å². The van der Waals surface area contributed by atoms with E-state index in [9.17, 15) is 8.42 Å². The molecule has 1 fully saturated rings. The van der Waals surface area contributed by atoms with Gasteiger partial charge >= 0.3 is 0 Å². The molecule has 1 aliphatic heterocycles. The van der Waals surface area contributed by atoms with Gasteiger partial charge in [-0.05, 0) is 25.8 Å². The highest BCUT2D eigenvalue weighted by atomic mass is 32.2. The molecule has 2 heterocycles. The minimum Gasteiger partial charge on any atom is -0.296 e. The zero-order valence-electron chi connectivity index (χ0n) is 12.9. The summed E-state index contributed by atoms with van der Waals surface area (Å²) in [4.78, 5) is 6.99. The van der Waals surface area contributed by atoms with E-state index in [0.29, 0.717) is 13.1 Å². The molecule has 5 nitrogen and oxygen atoms in total. The van der Waals surface area contributed by atoms with Gasteiger partial charge in [0.05, 0.1) is 17.0 Å². The summed E-state index contributed by atoms with van der Waals surface area (Å²) in [6, 6.07) is 0. The van der Waals surface area contributed by atoms with Gasteiger partial charge < -0.3 is 0 Å². The maximum absolute atomic E-state index is 11.6. The molecular formula is C14H25N3O2S2. The first kappa shape index (κ1) is 16.9. The summed E-state index contributed by atoms with van der Waals surface area (Å²) < 4.78 is 24.8. The van der Waals surface area contributed by atoms with Gasteiger partial charge in [-0.2, -0.15) is 0 Å². The average Bonchev–Trinajstić information content (AvgIpc) is 2.71. The lowest BCUT2D eigenvalue weighted by atomic mass is 10.3. The normalized spacial score (nSPS) is 18.8. The van der Waals surface area contributed by atoms with E-state index in [2.05, 4.69) is 22.2 Å². The van der Waals surface area contributed by atoms with Gasteiger partial charge in [0.1, 0.15) is 0 Å². The highest BCUT2D eigenvalue weighted by Gasteiger charge is 2.21. The molecule has 21 heavy (non-hydrogen) atoms. The van der Waals surface area contributed by atoms with Crippen molar-refractivity contribution < 1.29 is 8.42 Å². The van der Waals surface area contributed by atoms with Crippen molar-refractivity contribution in [1.82, 2.24) is 14.2 Å². The van der Waals surface area contributed by atoms with Gasteiger partial charge in [-0.3, -0.25) is 4.90 Å². The van der Waals surface area contributed by atoms with Crippen LogP contribution in [0.3, 0.4) is 0 Å². The molecule has 0 amide bonds. The van der Waals surface area contributed by atoms with E-state index in [1.54, 1.807) is 15.6 Å². The van der Waals surface area contributed by atoms with Crippen molar-refractivity contribution in [2.24, 2.45) is 0 Å². The molecule has 0 bridgehead atoms. The molecule has 1 saturated heterocycles. The molecule has 120 valence electrons. The van der Waals surface area contributed by atoms with Gasteiger partial charge in [0.25, 0.3) is 0 Å². The summed E-state index contributed by atoms with van der Waals surface area (Å²) in [5, 5.41) is 3.36. The van der Waals surface area contributed by atoms with Crippen LogP contribution in [0.15, 0.2) is 5.38 Å². The first-order valence-corrected chi connectivity index (χ1v) is 10.3. The van der Waals surface area contributed by atoms with Crippen LogP contribution in [-0.4, -0.2) is 55.0 Å². The quantitative estimate of drug-likeness (QED) is 0.799. The van der Waals surface area contributed by atoms with Gasteiger partial charge in [-0.1, -0.05) is 13.3 Å². The minimum atomic E-state index is -3.06. The predicted molar refractivity (Wildman–Crippen MR) is 87.0 cm³/mol. The highest BCUT2D eigenvalue weighted by Crippen LogP contribution is 2.15. The Morgan fingerprint density at radius 2 is 2.10 bits per heavy atom. The third-order valence-electron chi connectivity index (χ3n) is 3.75. The zero-order valence-corrected chi connectivity index (χ0v) is 14.5. The Kier molecular flexibility index (Phi) is 6.16. The van der Waals surface area contributed by atoms with Crippen molar-refractivity contribution in [3.05, 3.63) is 16.1 Å². The molecule has 0 atom stereocenters. The zero-order chi connectivity index (χ0) is 15.3. The van der Waals surface area contributed by atoms with Gasteiger partial charge in [0, 0.05) is 31.6 Å². The van der Waals surface area contributed by atoms with Crippen LogP contribution in [0.4, 0.5) is 0 Å². The first-order valence-electron chi connectivity index (χ1n) is 7.60. The van der Waals surface area contributed by atoms with Crippen LogP contribution >= 0.6 is 11.3 Å². The van der Waals surface area contributed by atoms with Crippen molar-refractivity contribution in [2.45, 2.75) is 39.2 Å². The number of aromatic nitrogens is 1. The summed E-state index contributed by atoms with van der Waals surface area (Å²) >= 11 is 1.74. The number of aryl methyl sites for hydroxylation is 1. The van der Waals surface area contributed by atoms with Crippen LogP contribution in [0.25, 0.3) is 0 Å². The molecule has 0 radical (unpaired) electrons. The summed E-state index contributed by atoms with van der Waals surface area (Å²) in [6.45, 7) is 5.97. The monoisotopic (exact) mass is 331 g/mol. The van der Waals surface area contributed by atoms with Crippen molar-refractivity contribution in [1.29, 1.82) is 0 Å². The summed E-state index contributed by atoms with van der Waals surface area (Å²) in [5.74, 6) is 0. The molecule has 0 spiro atoms. The number of rotatable bonds is 6. The Hall–Kier alpha value is -0.500. The van der Waals surface area contributed by atoms with Crippen LogP contribution in [0, 0.1) is 0 Å². The second kappa shape index (κ2) is 7.67. The summed E-state index contributed by atoms with van der Waals surface area (Å²) in [6.07, 6.45) is 5.65. The second-order valence-electron chi connectivity index (χ2n) is 5.63. The van der Waals surface area contributed by atoms with Gasteiger partial charge in [0.2, 0.25) is 10.0 Å². The van der Waals surface area contributed by atoms with Crippen LogP contribution < -0.4 is 0 Å². The molecule has 0 saturated carbocycles. The van der Waals surface area contributed by atoms with E-state index < -0.39 is 10.0 Å². The highest BCUT2D eigenvalue weighted by molar-refractivity contribution is 7.88. The molecule has 0 aromatic carbocycles. The molecule has 2 rings (SSSR count). The van der Waals surface area contributed by atoms with Crippen molar-refractivity contribution >= 4 is 21.4 Å². The van der Waals surface area contributed by atoms with Gasteiger partial charge in [-0.25, -0.2) is 17.7 Å². The molecule has 0 unspecified atom stereocenters. The number of hydrogen-bond donors (Lipinski definition) is 0. The molecule has 1 aromatic rings. The Balaban J connectivity index is 1.87. The molecule has 0 N–H and O–H groups in total. The number of hydrogen-bond acceptors (Lipinski definition) is 5. The molecule has 1 aliphatic rings. The SMILES string of the molecule is CCCCc1nc(CN2CCCN(S(C)(=O)=O)CC2)cs1. The number of thiazole rings is 1. The summed E-state index contributed by atoms with van der Waals surface area (Å²) in [7, 11) is -3.06. The van der Waals surface area contributed by atoms with Crippen molar-refractivity contribution in [3.63, 3.8) is 0 Å². The second-order valence-corrected chi connectivity index (χ2v) is 8.55. The lowest BCUT2D eigenvalue weighted by Crippen LogP contribution is -2.34. The van der Waals surface area contributed by atoms with Crippen LogP contribution in [-0.2, 0) is 23.0 Å². The van der Waals surface area contributed by atoms with E-state index in [0.717, 1.165) is 38.2 Å². The number of nitrogens with zero attached hydrogens (tertiary/aromatic N) is 3. The third-order valence-corrected chi connectivity index (χ3v) is 6.01. The van der Waals surface area contributed by atoms with E-state index in [1.165, 1.54) is 24.1 Å². The smallest absolute Gasteiger partial charge is 0.211 e. The van der Waals surface area contributed by atoms with Crippen LogP contribution in [0.1, 0.15) is 36.9 Å². The van der Waals surface area contributed by atoms with E-state index in [4.69, 9.17) is 0 Å². The lowest BCUT2D eigenvalue weighted by Gasteiger charge is -2.19. The fourth-order valence-electron chi connectivity index (χ4n) is 2.53. The third kappa shape index (κ3) is 5.32. The first-order chi connectivity index (χ1) is 9.99. The topological polar surface area (TPSA) is 53.5 Å². The number of sulfonamides is 1. The molecule has 0 aliphatic carbocycles. The number of unbranched alkanes of at least 4 members (excludes halogenated alkanes) is 1. The Morgan fingerprint density at radius 1 is 1.29 bits per heavy atom. The average molecular weight is 332 g/mol. The lowest BCUT2D eigenvalue weighted by molar-refractivity contribution is 0.276.